The zero-order valence-electron chi connectivity index (χ0n) is 16.1. The molecule has 0 unspecified atom stereocenters. The van der Waals surface area contributed by atoms with E-state index in [1.165, 1.54) is 0 Å². The van der Waals surface area contributed by atoms with Gasteiger partial charge in [0.2, 0.25) is 0 Å². The van der Waals surface area contributed by atoms with E-state index >= 15 is 0 Å². The van der Waals surface area contributed by atoms with Gasteiger partial charge in [0, 0.05) is 11.6 Å². The lowest BCUT2D eigenvalue weighted by molar-refractivity contribution is -0.151. The minimum atomic E-state index is -0.834. The van der Waals surface area contributed by atoms with Gasteiger partial charge in [-0.2, -0.15) is 0 Å². The predicted octanol–water partition coefficient (Wildman–Crippen LogP) is 2.05. The maximum Gasteiger partial charge on any atom is 0.329 e. The van der Waals surface area contributed by atoms with Crippen LogP contribution in [0.5, 0.6) is 5.75 Å². The van der Waals surface area contributed by atoms with Gasteiger partial charge >= 0.3 is 5.97 Å². The molecule has 2 rings (SSSR count). The fourth-order valence-electron chi connectivity index (χ4n) is 3.03. The van der Waals surface area contributed by atoms with Gasteiger partial charge in [-0.3, -0.25) is 9.59 Å². The highest BCUT2D eigenvalue weighted by Gasteiger charge is 2.27. The summed E-state index contributed by atoms with van der Waals surface area (Å²) in [4.78, 5) is 36.7. The molecule has 1 aromatic rings. The summed E-state index contributed by atoms with van der Waals surface area (Å²) in [6.45, 7) is 3.27. The van der Waals surface area contributed by atoms with Crippen LogP contribution in [0.2, 0.25) is 0 Å². The second-order valence-corrected chi connectivity index (χ2v) is 7.08. The Kier molecular flexibility index (Phi) is 7.64. The van der Waals surface area contributed by atoms with E-state index in [1.54, 1.807) is 45.2 Å². The van der Waals surface area contributed by atoms with Gasteiger partial charge in [0.15, 0.2) is 6.61 Å². The average Bonchev–Trinajstić information content (AvgIpc) is 3.16. The Balaban J connectivity index is 1.87. The molecule has 0 saturated heterocycles. The molecule has 1 aliphatic carbocycles. The summed E-state index contributed by atoms with van der Waals surface area (Å²) in [5, 5.41) is 5.55. The Morgan fingerprint density at radius 3 is 2.30 bits per heavy atom. The van der Waals surface area contributed by atoms with Gasteiger partial charge in [0.05, 0.1) is 7.11 Å². The summed E-state index contributed by atoms with van der Waals surface area (Å²) < 4.78 is 10.2. The smallest absolute Gasteiger partial charge is 0.329 e. The van der Waals surface area contributed by atoms with Crippen molar-refractivity contribution in [3.8, 4) is 5.75 Å². The molecule has 1 fully saturated rings. The quantitative estimate of drug-likeness (QED) is 0.677. The summed E-state index contributed by atoms with van der Waals surface area (Å²) in [6, 6.07) is 5.92. The molecule has 7 heteroatoms. The zero-order chi connectivity index (χ0) is 19.8. The van der Waals surface area contributed by atoms with E-state index < -0.39 is 12.0 Å². The molecule has 0 bridgehead atoms. The number of nitrogens with one attached hydrogen (secondary N) is 2. The maximum absolute atomic E-state index is 12.4. The van der Waals surface area contributed by atoms with Gasteiger partial charge < -0.3 is 20.1 Å². The first-order chi connectivity index (χ1) is 12.9. The van der Waals surface area contributed by atoms with Crippen LogP contribution in [0.1, 0.15) is 49.9 Å². The van der Waals surface area contributed by atoms with E-state index in [1.807, 2.05) is 0 Å². The Morgan fingerprint density at radius 2 is 1.74 bits per heavy atom. The molecular formula is C20H28N2O5. The summed E-state index contributed by atoms with van der Waals surface area (Å²) in [5.41, 5.74) is 0.410. The van der Waals surface area contributed by atoms with Gasteiger partial charge in [0.1, 0.15) is 11.8 Å². The van der Waals surface area contributed by atoms with Gasteiger partial charge in [0.25, 0.3) is 11.8 Å². The highest BCUT2D eigenvalue weighted by atomic mass is 16.5. The molecule has 0 spiro atoms. The summed E-state index contributed by atoms with van der Waals surface area (Å²) in [7, 11) is 1.54. The van der Waals surface area contributed by atoms with E-state index in [4.69, 9.17) is 9.47 Å². The molecule has 2 N–H and O–H groups in total. The predicted molar refractivity (Wildman–Crippen MR) is 100 cm³/mol. The monoisotopic (exact) mass is 376 g/mol. The summed E-state index contributed by atoms with van der Waals surface area (Å²) in [6.07, 6.45) is 4.15. The van der Waals surface area contributed by atoms with Crippen molar-refractivity contribution in [2.75, 3.05) is 13.7 Å². The molecule has 0 radical (unpaired) electrons. The Morgan fingerprint density at radius 1 is 1.11 bits per heavy atom. The van der Waals surface area contributed by atoms with Crippen molar-refractivity contribution in [2.24, 2.45) is 5.92 Å². The molecular weight excluding hydrogens is 348 g/mol. The zero-order valence-corrected chi connectivity index (χ0v) is 16.1. The van der Waals surface area contributed by atoms with Crippen LogP contribution in [0.4, 0.5) is 0 Å². The lowest BCUT2D eigenvalue weighted by Crippen LogP contribution is -2.46. The Hall–Kier alpha value is -2.57. The number of hydrogen-bond donors (Lipinski definition) is 2. The molecule has 2 amide bonds. The Labute approximate surface area is 159 Å². The highest BCUT2D eigenvalue weighted by Crippen LogP contribution is 2.17. The van der Waals surface area contributed by atoms with Gasteiger partial charge in [-0.25, -0.2) is 4.79 Å². The number of methoxy groups -OCH3 is 1. The van der Waals surface area contributed by atoms with Crippen LogP contribution in [-0.2, 0) is 14.3 Å². The van der Waals surface area contributed by atoms with Crippen LogP contribution in [0, 0.1) is 5.92 Å². The number of hydrogen-bond acceptors (Lipinski definition) is 5. The number of ether oxygens (including phenoxy) is 2. The van der Waals surface area contributed by atoms with Gasteiger partial charge in [-0.05, 0) is 43.0 Å². The van der Waals surface area contributed by atoms with Gasteiger partial charge in [-0.1, -0.05) is 26.7 Å². The molecule has 1 aliphatic rings. The second-order valence-electron chi connectivity index (χ2n) is 7.08. The molecule has 1 saturated carbocycles. The number of carbonyl (C=O) groups excluding carboxylic acids is 3. The maximum atomic E-state index is 12.4. The molecule has 27 heavy (non-hydrogen) atoms. The minimum absolute atomic E-state index is 0.173. The van der Waals surface area contributed by atoms with Crippen molar-refractivity contribution in [3.05, 3.63) is 29.8 Å². The first-order valence-corrected chi connectivity index (χ1v) is 9.31. The first kappa shape index (κ1) is 20.7. The van der Waals surface area contributed by atoms with Crippen molar-refractivity contribution in [2.45, 2.75) is 51.6 Å². The third-order valence-electron chi connectivity index (χ3n) is 4.63. The molecule has 1 atom stereocenters. The number of benzene rings is 1. The van der Waals surface area contributed by atoms with Crippen LogP contribution in [0.25, 0.3) is 0 Å². The minimum Gasteiger partial charge on any atom is -0.497 e. The molecule has 7 nitrogen and oxygen atoms in total. The lowest BCUT2D eigenvalue weighted by atomic mass is 10.0. The number of carbonyl (C=O) groups is 3. The summed E-state index contributed by atoms with van der Waals surface area (Å²) in [5.74, 6) is -0.853. The van der Waals surface area contributed by atoms with E-state index in [-0.39, 0.29) is 30.4 Å². The van der Waals surface area contributed by atoms with Crippen molar-refractivity contribution >= 4 is 17.8 Å². The molecule has 0 aromatic heterocycles. The number of esters is 1. The number of rotatable bonds is 8. The largest absolute Gasteiger partial charge is 0.497 e. The van der Waals surface area contributed by atoms with Crippen molar-refractivity contribution < 1.29 is 23.9 Å². The second kappa shape index (κ2) is 9.94. The normalized spacial score (nSPS) is 15.3. The highest BCUT2D eigenvalue weighted by molar-refractivity contribution is 5.97. The lowest BCUT2D eigenvalue weighted by Gasteiger charge is -2.21. The van der Waals surface area contributed by atoms with Crippen molar-refractivity contribution in [1.29, 1.82) is 0 Å². The SMILES string of the molecule is COc1ccc(C(=O)N[C@H](C(=O)OCC(=O)NC2CCCC2)C(C)C)cc1. The first-order valence-electron chi connectivity index (χ1n) is 9.31. The third-order valence-corrected chi connectivity index (χ3v) is 4.63. The topological polar surface area (TPSA) is 93.7 Å². The van der Waals surface area contributed by atoms with E-state index in [0.717, 1.165) is 25.7 Å². The van der Waals surface area contributed by atoms with Crippen LogP contribution >= 0.6 is 0 Å². The average molecular weight is 376 g/mol. The third kappa shape index (κ3) is 6.27. The number of amides is 2. The molecule has 0 aliphatic heterocycles. The van der Waals surface area contributed by atoms with Crippen LogP contribution in [0.3, 0.4) is 0 Å². The standard InChI is InChI=1S/C20H28N2O5/c1-13(2)18(22-19(24)14-8-10-16(26-3)11-9-14)20(25)27-12-17(23)21-15-6-4-5-7-15/h8-11,13,15,18H,4-7,12H2,1-3H3,(H,21,23)(H,22,24)/t18-/m0/s1. The van der Waals surface area contributed by atoms with E-state index in [9.17, 15) is 14.4 Å². The molecule has 1 aromatic carbocycles. The fourth-order valence-corrected chi connectivity index (χ4v) is 3.03. The van der Waals surface area contributed by atoms with Crippen LogP contribution < -0.4 is 15.4 Å². The van der Waals surface area contributed by atoms with Crippen LogP contribution in [-0.4, -0.2) is 43.6 Å². The fraction of sp³-hybridized carbons (Fsp3) is 0.550. The van der Waals surface area contributed by atoms with Crippen molar-refractivity contribution in [3.63, 3.8) is 0 Å². The molecule has 148 valence electrons. The Bertz CT molecular complexity index is 651. The van der Waals surface area contributed by atoms with Crippen LogP contribution in [0.15, 0.2) is 24.3 Å². The van der Waals surface area contributed by atoms with Gasteiger partial charge in [-0.15, -0.1) is 0 Å². The van der Waals surface area contributed by atoms with E-state index in [2.05, 4.69) is 10.6 Å². The van der Waals surface area contributed by atoms with E-state index in [0.29, 0.717) is 11.3 Å². The van der Waals surface area contributed by atoms with Crippen molar-refractivity contribution in [1.82, 2.24) is 10.6 Å². The summed E-state index contributed by atoms with van der Waals surface area (Å²) >= 11 is 0. The molecule has 0 heterocycles.